The summed E-state index contributed by atoms with van der Waals surface area (Å²) in [7, 11) is 0. The monoisotopic (exact) mass is 260 g/mol. The first-order valence-corrected chi connectivity index (χ1v) is 6.15. The Morgan fingerprint density at radius 1 is 1.32 bits per heavy atom. The quantitative estimate of drug-likeness (QED) is 0.640. The fraction of sp³-hybridized carbons (Fsp3) is 0.214. The summed E-state index contributed by atoms with van der Waals surface area (Å²) in [5, 5.41) is 0. The highest BCUT2D eigenvalue weighted by Gasteiger charge is 2.07. The van der Waals surface area contributed by atoms with Gasteiger partial charge in [0.1, 0.15) is 5.82 Å². The third kappa shape index (κ3) is 3.42. The lowest BCUT2D eigenvalue weighted by atomic mass is 10.2. The number of nitrogens with two attached hydrogens (primary N) is 1. The second-order valence-corrected chi connectivity index (χ2v) is 4.17. The number of halogens is 1. The standard InChI is InChI=1S/C14H17FN4/c1-2-19(14-5-3-4-11(15)8-14)10-13-9-12(18-16)6-7-17-13/h3-9H,2,10,16H2,1H3,(H,17,18). The molecule has 0 unspecified atom stereocenters. The van der Waals surface area contributed by atoms with E-state index in [2.05, 4.69) is 10.4 Å². The SMILES string of the molecule is CCN(Cc1cc(NN)ccn1)c1cccc(F)c1. The number of nitrogen functional groups attached to an aromatic ring is 1. The van der Waals surface area contributed by atoms with Gasteiger partial charge in [0.25, 0.3) is 0 Å². The zero-order chi connectivity index (χ0) is 13.7. The molecule has 3 N–H and O–H groups in total. The van der Waals surface area contributed by atoms with Crippen LogP contribution in [0.2, 0.25) is 0 Å². The zero-order valence-corrected chi connectivity index (χ0v) is 10.8. The number of nitrogens with zero attached hydrogens (tertiary/aromatic N) is 2. The summed E-state index contributed by atoms with van der Waals surface area (Å²) in [6, 6.07) is 10.2. The summed E-state index contributed by atoms with van der Waals surface area (Å²) >= 11 is 0. The second kappa shape index (κ2) is 6.15. The zero-order valence-electron chi connectivity index (χ0n) is 10.8. The summed E-state index contributed by atoms with van der Waals surface area (Å²) in [5.41, 5.74) is 5.11. The van der Waals surface area contributed by atoms with E-state index in [-0.39, 0.29) is 5.82 Å². The molecule has 0 spiro atoms. The predicted molar refractivity (Wildman–Crippen MR) is 75.2 cm³/mol. The first kappa shape index (κ1) is 13.3. The van der Waals surface area contributed by atoms with E-state index < -0.39 is 0 Å². The van der Waals surface area contributed by atoms with Crippen LogP contribution in [0.4, 0.5) is 15.8 Å². The highest BCUT2D eigenvalue weighted by molar-refractivity contribution is 5.48. The van der Waals surface area contributed by atoms with E-state index in [4.69, 9.17) is 5.84 Å². The molecule has 0 atom stereocenters. The van der Waals surface area contributed by atoms with Crippen molar-refractivity contribution in [1.29, 1.82) is 0 Å². The minimum atomic E-state index is -0.235. The molecule has 0 aliphatic carbocycles. The summed E-state index contributed by atoms with van der Waals surface area (Å²) in [6.07, 6.45) is 1.70. The molecule has 100 valence electrons. The van der Waals surface area contributed by atoms with Crippen molar-refractivity contribution in [2.24, 2.45) is 5.84 Å². The van der Waals surface area contributed by atoms with E-state index in [1.165, 1.54) is 12.1 Å². The maximum atomic E-state index is 13.3. The van der Waals surface area contributed by atoms with E-state index in [0.29, 0.717) is 6.54 Å². The van der Waals surface area contributed by atoms with Crippen LogP contribution in [-0.4, -0.2) is 11.5 Å². The van der Waals surface area contributed by atoms with Crippen LogP contribution < -0.4 is 16.2 Å². The Hall–Kier alpha value is -2.14. The number of anilines is 2. The molecular weight excluding hydrogens is 243 g/mol. The van der Waals surface area contributed by atoms with Gasteiger partial charge in [-0.05, 0) is 37.3 Å². The minimum absolute atomic E-state index is 0.235. The van der Waals surface area contributed by atoms with Crippen molar-refractivity contribution < 1.29 is 4.39 Å². The average Bonchev–Trinajstić information content (AvgIpc) is 2.45. The van der Waals surface area contributed by atoms with Crippen molar-refractivity contribution in [2.75, 3.05) is 16.9 Å². The summed E-state index contributed by atoms with van der Waals surface area (Å²) in [4.78, 5) is 6.34. The molecule has 19 heavy (non-hydrogen) atoms. The van der Waals surface area contributed by atoms with Crippen LogP contribution in [-0.2, 0) is 6.54 Å². The van der Waals surface area contributed by atoms with Crippen LogP contribution >= 0.6 is 0 Å². The Balaban J connectivity index is 2.18. The van der Waals surface area contributed by atoms with Crippen molar-refractivity contribution in [3.63, 3.8) is 0 Å². The molecule has 0 radical (unpaired) electrons. The summed E-state index contributed by atoms with van der Waals surface area (Å²) in [5.74, 6) is 5.14. The first-order chi connectivity index (χ1) is 9.22. The van der Waals surface area contributed by atoms with Gasteiger partial charge in [-0.25, -0.2) is 4.39 Å². The van der Waals surface area contributed by atoms with Gasteiger partial charge in [0, 0.05) is 18.4 Å². The Morgan fingerprint density at radius 2 is 2.16 bits per heavy atom. The molecule has 0 fully saturated rings. The molecule has 0 saturated heterocycles. The molecule has 2 rings (SSSR count). The van der Waals surface area contributed by atoms with E-state index in [9.17, 15) is 4.39 Å². The van der Waals surface area contributed by atoms with Gasteiger partial charge >= 0.3 is 0 Å². The van der Waals surface area contributed by atoms with Crippen LogP contribution in [0.3, 0.4) is 0 Å². The highest BCUT2D eigenvalue weighted by Crippen LogP contribution is 2.18. The summed E-state index contributed by atoms with van der Waals surface area (Å²) in [6.45, 7) is 3.40. The minimum Gasteiger partial charge on any atom is -0.366 e. The number of nitrogens with one attached hydrogen (secondary N) is 1. The lowest BCUT2D eigenvalue weighted by molar-refractivity contribution is 0.626. The average molecular weight is 260 g/mol. The summed E-state index contributed by atoms with van der Waals surface area (Å²) < 4.78 is 13.3. The van der Waals surface area contributed by atoms with E-state index in [1.54, 1.807) is 18.3 Å². The van der Waals surface area contributed by atoms with Gasteiger partial charge in [-0.1, -0.05) is 6.07 Å². The molecule has 5 heteroatoms. The molecule has 1 aromatic heterocycles. The molecule has 2 aromatic rings. The maximum Gasteiger partial charge on any atom is 0.125 e. The maximum absolute atomic E-state index is 13.3. The Labute approximate surface area is 112 Å². The molecule has 0 aliphatic heterocycles. The Morgan fingerprint density at radius 3 is 2.84 bits per heavy atom. The molecule has 0 bridgehead atoms. The normalized spacial score (nSPS) is 10.3. The molecular formula is C14H17FN4. The number of pyridine rings is 1. The molecule has 0 aliphatic rings. The molecule has 1 heterocycles. The van der Waals surface area contributed by atoms with Gasteiger partial charge in [0.15, 0.2) is 0 Å². The van der Waals surface area contributed by atoms with E-state index in [1.807, 2.05) is 24.0 Å². The highest BCUT2D eigenvalue weighted by atomic mass is 19.1. The predicted octanol–water partition coefficient (Wildman–Crippen LogP) is 2.53. The molecule has 4 nitrogen and oxygen atoms in total. The largest absolute Gasteiger partial charge is 0.366 e. The van der Waals surface area contributed by atoms with Gasteiger partial charge in [0.2, 0.25) is 0 Å². The fourth-order valence-electron chi connectivity index (χ4n) is 1.91. The van der Waals surface area contributed by atoms with Gasteiger partial charge in [0.05, 0.1) is 17.9 Å². The van der Waals surface area contributed by atoms with Gasteiger partial charge in [-0.15, -0.1) is 0 Å². The topological polar surface area (TPSA) is 54.2 Å². The number of hydrogen-bond donors (Lipinski definition) is 2. The number of hydrazine groups is 1. The third-order valence-electron chi connectivity index (χ3n) is 2.89. The number of hydrogen-bond acceptors (Lipinski definition) is 4. The van der Waals surface area contributed by atoms with Gasteiger partial charge < -0.3 is 10.3 Å². The van der Waals surface area contributed by atoms with Crippen LogP contribution in [0, 0.1) is 5.82 Å². The van der Waals surface area contributed by atoms with Crippen LogP contribution in [0.15, 0.2) is 42.6 Å². The Kier molecular flexibility index (Phi) is 4.30. The molecule has 1 aromatic carbocycles. The number of benzene rings is 1. The van der Waals surface area contributed by atoms with Crippen LogP contribution in [0.1, 0.15) is 12.6 Å². The van der Waals surface area contributed by atoms with Crippen molar-refractivity contribution in [3.05, 3.63) is 54.1 Å². The smallest absolute Gasteiger partial charge is 0.125 e. The first-order valence-electron chi connectivity index (χ1n) is 6.15. The van der Waals surface area contributed by atoms with Crippen molar-refractivity contribution in [3.8, 4) is 0 Å². The van der Waals surface area contributed by atoms with Crippen molar-refractivity contribution >= 4 is 11.4 Å². The van der Waals surface area contributed by atoms with Crippen molar-refractivity contribution in [1.82, 2.24) is 4.98 Å². The lowest BCUT2D eigenvalue weighted by Gasteiger charge is -2.23. The molecule has 0 saturated carbocycles. The second-order valence-electron chi connectivity index (χ2n) is 4.17. The molecule has 0 amide bonds. The lowest BCUT2D eigenvalue weighted by Crippen LogP contribution is -2.22. The number of rotatable bonds is 5. The van der Waals surface area contributed by atoms with Crippen LogP contribution in [0.25, 0.3) is 0 Å². The van der Waals surface area contributed by atoms with E-state index in [0.717, 1.165) is 23.6 Å². The third-order valence-corrected chi connectivity index (χ3v) is 2.89. The fourth-order valence-corrected chi connectivity index (χ4v) is 1.91. The van der Waals surface area contributed by atoms with E-state index >= 15 is 0 Å². The number of aromatic nitrogens is 1. The van der Waals surface area contributed by atoms with Gasteiger partial charge in [-0.3, -0.25) is 10.8 Å². The van der Waals surface area contributed by atoms with Crippen LogP contribution in [0.5, 0.6) is 0 Å². The Bertz CT molecular complexity index is 544. The van der Waals surface area contributed by atoms with Gasteiger partial charge in [-0.2, -0.15) is 0 Å². The van der Waals surface area contributed by atoms with Crippen molar-refractivity contribution in [2.45, 2.75) is 13.5 Å².